The Hall–Kier alpha value is -2.41. The van der Waals surface area contributed by atoms with Crippen LogP contribution in [0, 0.1) is 13.8 Å². The van der Waals surface area contributed by atoms with Crippen molar-refractivity contribution in [2.45, 2.75) is 32.4 Å². The fourth-order valence-corrected chi connectivity index (χ4v) is 5.16. The third-order valence-electron chi connectivity index (χ3n) is 6.06. The number of aryl methyl sites for hydroxylation is 1. The van der Waals surface area contributed by atoms with Crippen molar-refractivity contribution < 1.29 is 0 Å². The Labute approximate surface area is 201 Å². The molecule has 0 spiro atoms. The van der Waals surface area contributed by atoms with Gasteiger partial charge in [-0.2, -0.15) is 0 Å². The summed E-state index contributed by atoms with van der Waals surface area (Å²) >= 11 is 12.1. The van der Waals surface area contributed by atoms with E-state index in [1.165, 1.54) is 17.0 Å². The quantitative estimate of drug-likeness (QED) is 0.491. The van der Waals surface area contributed by atoms with Crippen LogP contribution in [0.4, 0.5) is 0 Å². The van der Waals surface area contributed by atoms with Crippen molar-refractivity contribution in [2.75, 3.05) is 27.2 Å². The van der Waals surface area contributed by atoms with Crippen molar-refractivity contribution in [2.24, 2.45) is 0 Å². The van der Waals surface area contributed by atoms with Crippen LogP contribution in [0.5, 0.6) is 0 Å². The van der Waals surface area contributed by atoms with E-state index in [4.69, 9.17) is 23.8 Å². The molecule has 1 saturated heterocycles. The highest BCUT2D eigenvalue weighted by Gasteiger charge is 2.41. The second-order valence-electron chi connectivity index (χ2n) is 8.62. The van der Waals surface area contributed by atoms with E-state index in [-0.39, 0.29) is 12.1 Å². The summed E-state index contributed by atoms with van der Waals surface area (Å²) in [5.74, 6) is 0. The maximum absolute atomic E-state index is 6.30. The molecule has 5 nitrogen and oxygen atoms in total. The number of rotatable bonds is 7. The Morgan fingerprint density at radius 1 is 1.12 bits per heavy atom. The van der Waals surface area contributed by atoms with Crippen LogP contribution in [0.15, 0.2) is 54.7 Å². The minimum atomic E-state index is -0.00336. The van der Waals surface area contributed by atoms with Gasteiger partial charge in [-0.1, -0.05) is 23.7 Å². The van der Waals surface area contributed by atoms with Gasteiger partial charge < -0.3 is 19.7 Å². The molecule has 4 rings (SSSR count). The van der Waals surface area contributed by atoms with Gasteiger partial charge in [-0.15, -0.1) is 0 Å². The SMILES string of the molecule is Cc1cc([C@@H]2[C@@H](c3ccccn3)NC(=S)N2CCCN(C)C)c(C)n1-c1cccc(Cl)c1. The number of hydrogen-bond acceptors (Lipinski definition) is 3. The van der Waals surface area contributed by atoms with Crippen molar-refractivity contribution >= 4 is 28.9 Å². The molecular weight excluding hydrogens is 438 g/mol. The molecular formula is C25H30ClN5S. The lowest BCUT2D eigenvalue weighted by Crippen LogP contribution is -2.32. The standard InChI is InChI=1S/C25H30ClN5S/c1-17-15-21(18(2)31(17)20-10-7-9-19(26)16-20)24-23(22-11-5-6-12-27-22)28-25(32)30(24)14-8-13-29(3)4/h5-7,9-12,15-16,23-24H,8,13-14H2,1-4H3,(H,28,32)/t23-,24-/m1/s1. The molecule has 0 amide bonds. The second kappa shape index (κ2) is 9.61. The first-order valence-corrected chi connectivity index (χ1v) is 11.7. The molecule has 1 aliphatic rings. The molecule has 0 saturated carbocycles. The third-order valence-corrected chi connectivity index (χ3v) is 6.64. The van der Waals surface area contributed by atoms with Gasteiger partial charge in [-0.3, -0.25) is 4.98 Å². The van der Waals surface area contributed by atoms with E-state index in [1.807, 2.05) is 36.5 Å². The Balaban J connectivity index is 1.77. The molecule has 0 aliphatic carbocycles. The van der Waals surface area contributed by atoms with Gasteiger partial charge in [0, 0.05) is 34.8 Å². The highest BCUT2D eigenvalue weighted by molar-refractivity contribution is 7.80. The van der Waals surface area contributed by atoms with E-state index in [9.17, 15) is 0 Å². The molecule has 7 heteroatoms. The zero-order valence-corrected chi connectivity index (χ0v) is 20.6. The Morgan fingerprint density at radius 2 is 1.94 bits per heavy atom. The van der Waals surface area contributed by atoms with Crippen LogP contribution in [0.2, 0.25) is 5.02 Å². The summed E-state index contributed by atoms with van der Waals surface area (Å²) < 4.78 is 2.27. The third kappa shape index (κ3) is 4.53. The van der Waals surface area contributed by atoms with E-state index in [0.717, 1.165) is 41.0 Å². The Bertz CT molecular complexity index is 1090. The maximum Gasteiger partial charge on any atom is 0.170 e. The lowest BCUT2D eigenvalue weighted by molar-refractivity contribution is 0.292. The first-order valence-electron chi connectivity index (χ1n) is 10.9. The number of pyridine rings is 1. The van der Waals surface area contributed by atoms with Gasteiger partial charge in [0.15, 0.2) is 5.11 Å². The van der Waals surface area contributed by atoms with Gasteiger partial charge in [0.25, 0.3) is 0 Å². The average Bonchev–Trinajstić information content (AvgIpc) is 3.24. The largest absolute Gasteiger partial charge is 0.352 e. The topological polar surface area (TPSA) is 36.3 Å². The lowest BCUT2D eigenvalue weighted by Gasteiger charge is -2.28. The molecule has 3 aromatic rings. The van der Waals surface area contributed by atoms with E-state index in [1.54, 1.807) is 0 Å². The van der Waals surface area contributed by atoms with Gasteiger partial charge in [-0.05, 0) is 95.1 Å². The van der Waals surface area contributed by atoms with Crippen LogP contribution in [-0.4, -0.2) is 51.6 Å². The van der Waals surface area contributed by atoms with Crippen LogP contribution in [0.1, 0.15) is 41.1 Å². The van der Waals surface area contributed by atoms with Crippen LogP contribution in [-0.2, 0) is 0 Å². The van der Waals surface area contributed by atoms with E-state index >= 15 is 0 Å². The fraction of sp³-hybridized carbons (Fsp3) is 0.360. The monoisotopic (exact) mass is 467 g/mol. The number of hydrogen-bond donors (Lipinski definition) is 1. The van der Waals surface area contributed by atoms with Gasteiger partial charge in [0.2, 0.25) is 0 Å². The Kier molecular flexibility index (Phi) is 6.84. The zero-order valence-electron chi connectivity index (χ0n) is 19.0. The zero-order chi connectivity index (χ0) is 22.8. The van der Waals surface area contributed by atoms with Gasteiger partial charge in [0.1, 0.15) is 0 Å². The molecule has 32 heavy (non-hydrogen) atoms. The summed E-state index contributed by atoms with van der Waals surface area (Å²) in [7, 11) is 4.21. The summed E-state index contributed by atoms with van der Waals surface area (Å²) in [6.07, 6.45) is 2.88. The summed E-state index contributed by atoms with van der Waals surface area (Å²) in [5.41, 5.74) is 5.70. The maximum atomic E-state index is 6.30. The number of nitrogens with zero attached hydrogens (tertiary/aromatic N) is 4. The molecule has 168 valence electrons. The molecule has 1 aliphatic heterocycles. The van der Waals surface area contributed by atoms with Gasteiger partial charge in [-0.25, -0.2) is 0 Å². The molecule has 1 aromatic carbocycles. The molecule has 3 heterocycles. The van der Waals surface area contributed by atoms with Gasteiger partial charge >= 0.3 is 0 Å². The normalized spacial score (nSPS) is 18.4. The number of nitrogens with one attached hydrogen (secondary N) is 1. The highest BCUT2D eigenvalue weighted by Crippen LogP contribution is 2.41. The molecule has 1 fully saturated rings. The van der Waals surface area contributed by atoms with E-state index < -0.39 is 0 Å². The van der Waals surface area contributed by atoms with Gasteiger partial charge in [0.05, 0.1) is 17.8 Å². The smallest absolute Gasteiger partial charge is 0.170 e. The second-order valence-corrected chi connectivity index (χ2v) is 9.44. The minimum absolute atomic E-state index is 0.00336. The van der Waals surface area contributed by atoms with Crippen LogP contribution in [0.25, 0.3) is 5.69 Å². The molecule has 2 aromatic heterocycles. The molecule has 0 radical (unpaired) electrons. The lowest BCUT2D eigenvalue weighted by atomic mass is 9.96. The van der Waals surface area contributed by atoms with Crippen molar-refractivity contribution in [3.63, 3.8) is 0 Å². The number of aromatic nitrogens is 2. The average molecular weight is 468 g/mol. The molecule has 0 bridgehead atoms. The van der Waals surface area contributed by atoms with E-state index in [0.29, 0.717) is 0 Å². The first kappa shape index (κ1) is 22.8. The predicted molar refractivity (Wildman–Crippen MR) is 136 cm³/mol. The van der Waals surface area contributed by atoms with Crippen molar-refractivity contribution in [3.05, 3.63) is 82.4 Å². The molecule has 0 unspecified atom stereocenters. The minimum Gasteiger partial charge on any atom is -0.352 e. The van der Waals surface area contributed by atoms with Crippen LogP contribution in [0.3, 0.4) is 0 Å². The van der Waals surface area contributed by atoms with Crippen LogP contribution < -0.4 is 5.32 Å². The fourth-order valence-electron chi connectivity index (χ4n) is 4.64. The highest BCUT2D eigenvalue weighted by atomic mass is 35.5. The summed E-state index contributed by atoms with van der Waals surface area (Å²) in [6, 6.07) is 16.4. The summed E-state index contributed by atoms with van der Waals surface area (Å²) in [4.78, 5) is 9.21. The van der Waals surface area contributed by atoms with Crippen molar-refractivity contribution in [1.82, 2.24) is 24.7 Å². The number of thiocarbonyl (C=S) groups is 1. The molecule has 1 N–H and O–H groups in total. The Morgan fingerprint density at radius 3 is 2.62 bits per heavy atom. The number of halogens is 1. The first-order chi connectivity index (χ1) is 15.4. The predicted octanol–water partition coefficient (Wildman–Crippen LogP) is 5.07. The van der Waals surface area contributed by atoms with E-state index in [2.05, 4.69) is 70.8 Å². The number of benzene rings is 1. The van der Waals surface area contributed by atoms with Crippen molar-refractivity contribution in [3.8, 4) is 5.69 Å². The summed E-state index contributed by atoms with van der Waals surface area (Å²) in [6.45, 7) is 6.23. The van der Waals surface area contributed by atoms with Crippen LogP contribution >= 0.6 is 23.8 Å². The molecule has 2 atom stereocenters. The summed E-state index contributed by atoms with van der Waals surface area (Å²) in [5, 5.41) is 5.08. The van der Waals surface area contributed by atoms with Crippen molar-refractivity contribution in [1.29, 1.82) is 0 Å².